The summed E-state index contributed by atoms with van der Waals surface area (Å²) in [5.41, 5.74) is 0.865. The first-order valence-electron chi connectivity index (χ1n) is 9.14. The van der Waals surface area contributed by atoms with Crippen LogP contribution < -0.4 is 5.06 Å². The van der Waals surface area contributed by atoms with Crippen LogP contribution >= 0.6 is 0 Å². The molecule has 0 aromatic heterocycles. The molecule has 0 amide bonds. The number of para-hydroxylation sites is 1. The minimum absolute atomic E-state index is 0.0133. The molecule has 5 atom stereocenters. The van der Waals surface area contributed by atoms with Crippen molar-refractivity contribution in [3.05, 3.63) is 40.4 Å². The van der Waals surface area contributed by atoms with Crippen LogP contribution in [0.5, 0.6) is 0 Å². The number of hydrogen-bond acceptors (Lipinski definition) is 6. The van der Waals surface area contributed by atoms with Gasteiger partial charge in [-0.3, -0.25) is 15.0 Å². The molecule has 142 valence electrons. The lowest BCUT2D eigenvalue weighted by Gasteiger charge is -2.33. The summed E-state index contributed by atoms with van der Waals surface area (Å²) in [4.78, 5) is 29.3. The summed E-state index contributed by atoms with van der Waals surface area (Å²) < 4.78 is 4.94. The summed E-state index contributed by atoms with van der Waals surface area (Å²) >= 11 is 0. The quantitative estimate of drug-likeness (QED) is 0.440. The predicted molar refractivity (Wildman–Crippen MR) is 96.0 cm³/mol. The standard InChI is InChI=1S/C19H26N2O5/c1-12(2)16(11-20(23)24)14-9-10-15-17(14)21(13-7-5-4-6-8-13)26-18(15)19(22)25-3/h4-8,12,14-18H,9-11H2,1-3H3/t14-,15+,16-,17-,18+/m1/s1. The lowest BCUT2D eigenvalue weighted by molar-refractivity contribution is -0.491. The Morgan fingerprint density at radius 3 is 2.62 bits per heavy atom. The van der Waals surface area contributed by atoms with Crippen molar-refractivity contribution in [2.75, 3.05) is 18.7 Å². The second-order valence-corrected chi connectivity index (χ2v) is 7.53. The number of carbonyl (C=O) groups is 1. The Morgan fingerprint density at radius 1 is 1.35 bits per heavy atom. The maximum Gasteiger partial charge on any atom is 0.338 e. The zero-order chi connectivity index (χ0) is 18.8. The van der Waals surface area contributed by atoms with Gasteiger partial charge in [0.25, 0.3) is 0 Å². The summed E-state index contributed by atoms with van der Waals surface area (Å²) in [5, 5.41) is 13.0. The van der Waals surface area contributed by atoms with Crippen LogP contribution in [0.4, 0.5) is 5.69 Å². The Labute approximate surface area is 153 Å². The first kappa shape index (κ1) is 18.6. The van der Waals surface area contributed by atoms with Crippen molar-refractivity contribution in [3.63, 3.8) is 0 Å². The molecule has 1 aliphatic heterocycles. The highest BCUT2D eigenvalue weighted by Crippen LogP contribution is 2.49. The minimum Gasteiger partial charge on any atom is -0.467 e. The first-order chi connectivity index (χ1) is 12.4. The molecular formula is C19H26N2O5. The van der Waals surface area contributed by atoms with Gasteiger partial charge in [0.1, 0.15) is 0 Å². The first-order valence-corrected chi connectivity index (χ1v) is 9.14. The molecule has 0 bridgehead atoms. The van der Waals surface area contributed by atoms with Crippen LogP contribution in [-0.2, 0) is 14.4 Å². The largest absolute Gasteiger partial charge is 0.467 e. The molecule has 0 unspecified atom stereocenters. The van der Waals surface area contributed by atoms with Crippen molar-refractivity contribution >= 4 is 11.7 Å². The minimum atomic E-state index is -0.654. The van der Waals surface area contributed by atoms with Crippen LogP contribution in [0.2, 0.25) is 0 Å². The normalized spacial score (nSPS) is 28.8. The molecule has 1 aromatic rings. The molecule has 1 saturated carbocycles. The van der Waals surface area contributed by atoms with E-state index in [-0.39, 0.29) is 47.2 Å². The van der Waals surface area contributed by atoms with E-state index in [1.165, 1.54) is 7.11 Å². The number of ether oxygens (including phenoxy) is 1. The van der Waals surface area contributed by atoms with E-state index in [1.54, 1.807) is 5.06 Å². The van der Waals surface area contributed by atoms with Crippen molar-refractivity contribution in [2.45, 2.75) is 38.8 Å². The molecule has 7 heteroatoms. The lowest BCUT2D eigenvalue weighted by atomic mass is 9.78. The van der Waals surface area contributed by atoms with E-state index >= 15 is 0 Å². The maximum absolute atomic E-state index is 12.2. The molecule has 3 rings (SSSR count). The fourth-order valence-electron chi connectivity index (χ4n) is 4.61. The Bertz CT molecular complexity index is 651. The fourth-order valence-corrected chi connectivity index (χ4v) is 4.61. The summed E-state index contributed by atoms with van der Waals surface area (Å²) in [7, 11) is 1.36. The van der Waals surface area contributed by atoms with Gasteiger partial charge < -0.3 is 4.74 Å². The van der Waals surface area contributed by atoms with Gasteiger partial charge in [0.05, 0.1) is 18.8 Å². The third kappa shape index (κ3) is 3.40. The molecule has 2 fully saturated rings. The average Bonchev–Trinajstić information content (AvgIpc) is 3.20. The predicted octanol–water partition coefficient (Wildman–Crippen LogP) is 2.92. The lowest BCUT2D eigenvalue weighted by Crippen LogP contribution is -2.41. The van der Waals surface area contributed by atoms with Gasteiger partial charge in [-0.25, -0.2) is 9.86 Å². The van der Waals surface area contributed by atoms with E-state index < -0.39 is 6.10 Å². The molecule has 26 heavy (non-hydrogen) atoms. The summed E-state index contributed by atoms with van der Waals surface area (Å²) in [6.07, 6.45) is 1.00. The Kier molecular flexibility index (Phi) is 5.46. The molecule has 7 nitrogen and oxygen atoms in total. The van der Waals surface area contributed by atoms with Gasteiger partial charge >= 0.3 is 5.97 Å². The smallest absolute Gasteiger partial charge is 0.338 e. The Morgan fingerprint density at radius 2 is 2.04 bits per heavy atom. The number of rotatable bonds is 6. The number of hydrogen-bond donors (Lipinski definition) is 0. The second kappa shape index (κ2) is 7.61. The molecule has 1 saturated heterocycles. The highest BCUT2D eigenvalue weighted by atomic mass is 16.7. The van der Waals surface area contributed by atoms with E-state index in [0.29, 0.717) is 0 Å². The third-order valence-electron chi connectivity index (χ3n) is 5.81. The van der Waals surface area contributed by atoms with Gasteiger partial charge in [0.2, 0.25) is 6.54 Å². The number of anilines is 1. The Hall–Kier alpha value is -2.15. The van der Waals surface area contributed by atoms with Gasteiger partial charge in [0.15, 0.2) is 6.10 Å². The number of carbonyl (C=O) groups excluding carboxylic acids is 1. The number of hydroxylamine groups is 1. The van der Waals surface area contributed by atoms with Gasteiger partial charge in [-0.05, 0) is 36.8 Å². The van der Waals surface area contributed by atoms with Crippen molar-refractivity contribution in [1.29, 1.82) is 0 Å². The van der Waals surface area contributed by atoms with Crippen molar-refractivity contribution in [3.8, 4) is 0 Å². The highest BCUT2D eigenvalue weighted by molar-refractivity contribution is 5.76. The number of benzene rings is 1. The van der Waals surface area contributed by atoms with Gasteiger partial charge in [-0.1, -0.05) is 32.0 Å². The van der Waals surface area contributed by atoms with Crippen LogP contribution in [0.3, 0.4) is 0 Å². The molecular weight excluding hydrogens is 336 g/mol. The molecule has 1 aromatic carbocycles. The molecule has 2 aliphatic rings. The molecule has 0 N–H and O–H groups in total. The maximum atomic E-state index is 12.2. The summed E-state index contributed by atoms with van der Waals surface area (Å²) in [6, 6.07) is 9.56. The second-order valence-electron chi connectivity index (χ2n) is 7.53. The van der Waals surface area contributed by atoms with Crippen molar-refractivity contribution in [1.82, 2.24) is 0 Å². The van der Waals surface area contributed by atoms with E-state index in [9.17, 15) is 14.9 Å². The van der Waals surface area contributed by atoms with E-state index in [1.807, 2.05) is 44.2 Å². The van der Waals surface area contributed by atoms with Crippen LogP contribution in [0, 0.1) is 33.8 Å². The molecule has 0 radical (unpaired) electrons. The van der Waals surface area contributed by atoms with Crippen molar-refractivity contribution in [2.24, 2.45) is 23.7 Å². The van der Waals surface area contributed by atoms with Crippen LogP contribution in [0.25, 0.3) is 0 Å². The summed E-state index contributed by atoms with van der Waals surface area (Å²) in [6.45, 7) is 4.00. The van der Waals surface area contributed by atoms with Gasteiger partial charge in [0, 0.05) is 16.8 Å². The number of fused-ring (bicyclic) bond motifs is 1. The number of methoxy groups -OCH3 is 1. The zero-order valence-corrected chi connectivity index (χ0v) is 15.4. The molecule has 1 heterocycles. The zero-order valence-electron chi connectivity index (χ0n) is 15.4. The van der Waals surface area contributed by atoms with Crippen LogP contribution in [-0.4, -0.2) is 36.7 Å². The number of nitro groups is 1. The number of esters is 1. The highest BCUT2D eigenvalue weighted by Gasteiger charge is 2.56. The van der Waals surface area contributed by atoms with Crippen molar-refractivity contribution < 1.29 is 19.3 Å². The number of nitrogens with zero attached hydrogens (tertiary/aromatic N) is 2. The Balaban J connectivity index is 1.95. The fraction of sp³-hybridized carbons (Fsp3) is 0.632. The SMILES string of the molecule is COC(=O)[C@H]1ON(c2ccccc2)[C@H]2[C@@H]1CC[C@@H]2[C@H](C[N+](=O)[O-])C(C)C. The van der Waals surface area contributed by atoms with Gasteiger partial charge in [-0.2, -0.15) is 0 Å². The molecule has 1 aliphatic carbocycles. The average molecular weight is 362 g/mol. The summed E-state index contributed by atoms with van der Waals surface area (Å²) in [5.74, 6) is -0.180. The van der Waals surface area contributed by atoms with Gasteiger partial charge in [-0.15, -0.1) is 0 Å². The van der Waals surface area contributed by atoms with E-state index in [4.69, 9.17) is 9.57 Å². The van der Waals surface area contributed by atoms with Crippen LogP contribution in [0.1, 0.15) is 26.7 Å². The van der Waals surface area contributed by atoms with E-state index in [0.717, 1.165) is 18.5 Å². The van der Waals surface area contributed by atoms with E-state index in [2.05, 4.69) is 0 Å². The third-order valence-corrected chi connectivity index (χ3v) is 5.81. The monoisotopic (exact) mass is 362 g/mol. The topological polar surface area (TPSA) is 81.9 Å². The van der Waals surface area contributed by atoms with Crippen LogP contribution in [0.15, 0.2) is 30.3 Å². The molecule has 0 spiro atoms.